The van der Waals surface area contributed by atoms with E-state index in [1.165, 1.54) is 0 Å². The summed E-state index contributed by atoms with van der Waals surface area (Å²) < 4.78 is 11.7. The van der Waals surface area contributed by atoms with Crippen LogP contribution in [0.25, 0.3) is 11.1 Å². The Hall–Kier alpha value is -2.73. The molecule has 0 radical (unpaired) electrons. The minimum Gasteiger partial charge on any atom is -0.487 e. The Morgan fingerprint density at radius 1 is 1.28 bits per heavy atom. The number of amides is 1. The van der Waals surface area contributed by atoms with Crippen LogP contribution in [0.1, 0.15) is 37.6 Å². The molecule has 1 aliphatic rings. The van der Waals surface area contributed by atoms with Crippen molar-refractivity contribution >= 4 is 34.6 Å². The Morgan fingerprint density at radius 3 is 2.86 bits per heavy atom. The van der Waals surface area contributed by atoms with E-state index in [1.807, 2.05) is 56.0 Å². The van der Waals surface area contributed by atoms with Gasteiger partial charge in [0.05, 0.1) is 5.56 Å². The minimum atomic E-state index is -0.374. The third kappa shape index (κ3) is 4.48. The molecule has 1 aromatic heterocycles. The number of likely N-dealkylation sites (tertiary alicyclic amines) is 1. The summed E-state index contributed by atoms with van der Waals surface area (Å²) in [7, 11) is 0. The van der Waals surface area contributed by atoms with Crippen molar-refractivity contribution in [2.45, 2.75) is 38.8 Å². The lowest BCUT2D eigenvalue weighted by Gasteiger charge is -2.24. The van der Waals surface area contributed by atoms with Gasteiger partial charge in [0.15, 0.2) is 5.58 Å². The quantitative estimate of drug-likeness (QED) is 0.652. The number of aromatic nitrogens is 1. The number of para-hydroxylation sites is 1. The maximum atomic E-state index is 13.1. The van der Waals surface area contributed by atoms with Crippen LogP contribution in [0.2, 0.25) is 5.02 Å². The predicted molar refractivity (Wildman–Crippen MR) is 114 cm³/mol. The Kier molecular flexibility index (Phi) is 5.13. The highest BCUT2D eigenvalue weighted by Crippen LogP contribution is 2.27. The zero-order chi connectivity index (χ0) is 20.6. The zero-order valence-electron chi connectivity index (χ0n) is 16.7. The zero-order valence-corrected chi connectivity index (χ0v) is 17.5. The number of nitrogens with zero attached hydrogens (tertiary/aromatic N) is 2. The summed E-state index contributed by atoms with van der Waals surface area (Å²) in [6.45, 7) is 7.14. The van der Waals surface area contributed by atoms with Gasteiger partial charge in [-0.05, 0) is 51.5 Å². The fourth-order valence-electron chi connectivity index (χ4n) is 3.43. The SMILES string of the molecule is CC(C)(C)Oc1ccccc1C(=O)N1CC[C@@H](Nc2nc3ccc(Cl)cc3o2)C1. The topological polar surface area (TPSA) is 67.6 Å². The van der Waals surface area contributed by atoms with E-state index in [9.17, 15) is 4.79 Å². The van der Waals surface area contributed by atoms with Crippen LogP contribution in [-0.4, -0.2) is 40.5 Å². The third-order valence-corrected chi connectivity index (χ3v) is 4.92. The summed E-state index contributed by atoms with van der Waals surface area (Å²) in [6, 6.07) is 13.3. The maximum Gasteiger partial charge on any atom is 0.295 e. The van der Waals surface area contributed by atoms with Crippen molar-refractivity contribution < 1.29 is 13.9 Å². The molecule has 1 saturated heterocycles. The van der Waals surface area contributed by atoms with E-state index < -0.39 is 0 Å². The molecular weight excluding hydrogens is 390 g/mol. The van der Waals surface area contributed by atoms with E-state index in [2.05, 4.69) is 10.3 Å². The molecule has 2 aromatic carbocycles. The van der Waals surface area contributed by atoms with Gasteiger partial charge >= 0.3 is 0 Å². The van der Waals surface area contributed by atoms with Crippen molar-refractivity contribution in [3.63, 3.8) is 0 Å². The van der Waals surface area contributed by atoms with E-state index in [4.69, 9.17) is 20.8 Å². The first-order chi connectivity index (χ1) is 13.8. The van der Waals surface area contributed by atoms with Crippen LogP contribution in [0.15, 0.2) is 46.9 Å². The van der Waals surface area contributed by atoms with Crippen LogP contribution >= 0.6 is 11.6 Å². The van der Waals surface area contributed by atoms with Gasteiger partial charge in [0.1, 0.15) is 16.9 Å². The van der Waals surface area contributed by atoms with Crippen LogP contribution in [-0.2, 0) is 0 Å². The maximum absolute atomic E-state index is 13.1. The number of carbonyl (C=O) groups is 1. The van der Waals surface area contributed by atoms with E-state index in [0.29, 0.717) is 41.0 Å². The lowest BCUT2D eigenvalue weighted by atomic mass is 10.1. The van der Waals surface area contributed by atoms with Crippen molar-refractivity contribution in [2.75, 3.05) is 18.4 Å². The predicted octanol–water partition coefficient (Wildman–Crippen LogP) is 4.99. The standard InChI is InChI=1S/C22H24ClN3O3/c1-22(2,3)29-18-7-5-4-6-16(18)20(27)26-11-10-15(13-26)24-21-25-17-9-8-14(23)12-19(17)28-21/h4-9,12,15H,10-11,13H2,1-3H3,(H,24,25)/t15-/m1/s1. The number of hydrogen-bond acceptors (Lipinski definition) is 5. The number of rotatable bonds is 4. The first-order valence-corrected chi connectivity index (χ1v) is 10.1. The highest BCUT2D eigenvalue weighted by atomic mass is 35.5. The molecule has 1 N–H and O–H groups in total. The average molecular weight is 414 g/mol. The molecule has 7 heteroatoms. The Labute approximate surface area is 174 Å². The monoisotopic (exact) mass is 413 g/mol. The van der Waals surface area contributed by atoms with Gasteiger partial charge in [0.25, 0.3) is 11.9 Å². The molecule has 1 fully saturated rings. The third-order valence-electron chi connectivity index (χ3n) is 4.69. The van der Waals surface area contributed by atoms with Gasteiger partial charge in [-0.25, -0.2) is 0 Å². The van der Waals surface area contributed by atoms with Gasteiger partial charge < -0.3 is 19.4 Å². The number of oxazole rings is 1. The van der Waals surface area contributed by atoms with Crippen molar-refractivity contribution in [3.05, 3.63) is 53.1 Å². The number of benzene rings is 2. The molecule has 152 valence electrons. The second kappa shape index (κ2) is 7.59. The molecule has 2 heterocycles. The molecule has 1 aliphatic heterocycles. The summed E-state index contributed by atoms with van der Waals surface area (Å²) in [5.74, 6) is 0.579. The molecule has 6 nitrogen and oxygen atoms in total. The summed E-state index contributed by atoms with van der Waals surface area (Å²) >= 11 is 6.00. The molecule has 1 amide bonds. The summed E-state index contributed by atoms with van der Waals surface area (Å²) in [4.78, 5) is 19.4. The highest BCUT2D eigenvalue weighted by Gasteiger charge is 2.30. The first kappa shape index (κ1) is 19.6. The molecule has 29 heavy (non-hydrogen) atoms. The van der Waals surface area contributed by atoms with Gasteiger partial charge in [0.2, 0.25) is 0 Å². The number of anilines is 1. The number of fused-ring (bicyclic) bond motifs is 1. The van der Waals surface area contributed by atoms with Gasteiger partial charge in [-0.3, -0.25) is 4.79 Å². The summed E-state index contributed by atoms with van der Waals surface area (Å²) in [5.41, 5.74) is 1.59. The Bertz CT molecular complexity index is 1040. The molecule has 0 saturated carbocycles. The second-order valence-corrected chi connectivity index (χ2v) is 8.66. The molecule has 0 aliphatic carbocycles. The van der Waals surface area contributed by atoms with E-state index in [0.717, 1.165) is 11.9 Å². The lowest BCUT2D eigenvalue weighted by Crippen LogP contribution is -2.32. The van der Waals surface area contributed by atoms with Gasteiger partial charge in [-0.15, -0.1) is 0 Å². The molecule has 3 aromatic rings. The van der Waals surface area contributed by atoms with Gasteiger partial charge in [-0.1, -0.05) is 23.7 Å². The Balaban J connectivity index is 1.45. The first-order valence-electron chi connectivity index (χ1n) is 9.68. The number of carbonyl (C=O) groups excluding carboxylic acids is 1. The van der Waals surface area contributed by atoms with Crippen molar-refractivity contribution in [2.24, 2.45) is 0 Å². The minimum absolute atomic E-state index is 0.0292. The summed E-state index contributed by atoms with van der Waals surface area (Å²) in [6.07, 6.45) is 0.813. The lowest BCUT2D eigenvalue weighted by molar-refractivity contribution is 0.0774. The van der Waals surface area contributed by atoms with E-state index >= 15 is 0 Å². The highest BCUT2D eigenvalue weighted by molar-refractivity contribution is 6.31. The van der Waals surface area contributed by atoms with Crippen LogP contribution in [0.3, 0.4) is 0 Å². The average Bonchev–Trinajstić information content (AvgIpc) is 3.26. The smallest absolute Gasteiger partial charge is 0.295 e. The molecule has 0 spiro atoms. The van der Waals surface area contributed by atoms with Gasteiger partial charge in [-0.2, -0.15) is 4.98 Å². The fraction of sp³-hybridized carbons (Fsp3) is 0.364. The molecule has 0 unspecified atom stereocenters. The molecule has 4 rings (SSSR count). The normalized spacial score (nSPS) is 17.0. The van der Waals surface area contributed by atoms with Crippen molar-refractivity contribution in [1.29, 1.82) is 0 Å². The van der Waals surface area contributed by atoms with Gasteiger partial charge in [0, 0.05) is 30.2 Å². The van der Waals surface area contributed by atoms with Crippen molar-refractivity contribution in [3.8, 4) is 5.75 Å². The number of ether oxygens (including phenoxy) is 1. The van der Waals surface area contributed by atoms with Crippen molar-refractivity contribution in [1.82, 2.24) is 9.88 Å². The van der Waals surface area contributed by atoms with Crippen LogP contribution < -0.4 is 10.1 Å². The molecule has 1 atom stereocenters. The second-order valence-electron chi connectivity index (χ2n) is 8.22. The van der Waals surface area contributed by atoms with Crippen LogP contribution in [0.4, 0.5) is 6.01 Å². The Morgan fingerprint density at radius 2 is 2.07 bits per heavy atom. The van der Waals surface area contributed by atoms with Crippen LogP contribution in [0.5, 0.6) is 5.75 Å². The van der Waals surface area contributed by atoms with E-state index in [-0.39, 0.29) is 17.6 Å². The number of nitrogens with one attached hydrogen (secondary N) is 1. The largest absolute Gasteiger partial charge is 0.487 e. The van der Waals surface area contributed by atoms with E-state index in [1.54, 1.807) is 12.1 Å². The van der Waals surface area contributed by atoms with Crippen LogP contribution in [0, 0.1) is 0 Å². The number of hydrogen-bond donors (Lipinski definition) is 1. The summed E-state index contributed by atoms with van der Waals surface area (Å²) in [5, 5.41) is 3.90. The molecule has 0 bridgehead atoms. The fourth-order valence-corrected chi connectivity index (χ4v) is 3.59. The number of halogens is 1. The molecular formula is C22H24ClN3O3.